The highest BCUT2D eigenvalue weighted by molar-refractivity contribution is 5.99. The molecule has 1 amide bonds. The molecule has 0 heterocycles. The van der Waals surface area contributed by atoms with Gasteiger partial charge in [-0.15, -0.1) is 0 Å². The number of para-hydroxylation sites is 1. The lowest BCUT2D eigenvalue weighted by atomic mass is 10.1. The highest BCUT2D eigenvalue weighted by Gasteiger charge is 2.24. The summed E-state index contributed by atoms with van der Waals surface area (Å²) in [6.07, 6.45) is 0.562. The number of amides is 1. The van der Waals surface area contributed by atoms with Crippen molar-refractivity contribution in [3.8, 4) is 5.75 Å². The lowest BCUT2D eigenvalue weighted by Gasteiger charge is -2.20. The van der Waals surface area contributed by atoms with Crippen molar-refractivity contribution in [1.29, 1.82) is 0 Å². The first-order chi connectivity index (χ1) is 11.4. The number of hydrogen-bond donors (Lipinski definition) is 5. The van der Waals surface area contributed by atoms with Crippen molar-refractivity contribution in [2.75, 3.05) is 24.3 Å². The lowest BCUT2D eigenvalue weighted by molar-refractivity contribution is 0.0960. The SMILES string of the molecule is CC[C@@H](CO)Nc1c(Nc2cccc(C(=O)NC)c2O)c(=O)c1=O. The first kappa shape index (κ1) is 17.5. The molecule has 2 rings (SSSR count). The first-order valence-electron chi connectivity index (χ1n) is 7.46. The summed E-state index contributed by atoms with van der Waals surface area (Å²) < 4.78 is 0. The molecule has 8 heteroatoms. The first-order valence-corrected chi connectivity index (χ1v) is 7.46. The highest BCUT2D eigenvalue weighted by Crippen LogP contribution is 2.31. The molecule has 128 valence electrons. The second-order valence-electron chi connectivity index (χ2n) is 5.25. The Morgan fingerprint density at radius 3 is 2.46 bits per heavy atom. The maximum absolute atomic E-state index is 11.8. The fraction of sp³-hybridized carbons (Fsp3) is 0.312. The van der Waals surface area contributed by atoms with E-state index in [1.54, 1.807) is 0 Å². The molecule has 0 aliphatic rings. The largest absolute Gasteiger partial charge is 0.505 e. The minimum Gasteiger partial charge on any atom is -0.505 e. The number of carbonyl (C=O) groups excluding carboxylic acids is 1. The molecule has 2 aromatic rings. The van der Waals surface area contributed by atoms with Gasteiger partial charge in [0.25, 0.3) is 16.8 Å². The Hall–Kier alpha value is -2.87. The Morgan fingerprint density at radius 1 is 1.21 bits per heavy atom. The van der Waals surface area contributed by atoms with Crippen LogP contribution >= 0.6 is 0 Å². The zero-order valence-corrected chi connectivity index (χ0v) is 13.3. The van der Waals surface area contributed by atoms with Crippen LogP contribution in [0.15, 0.2) is 27.8 Å². The van der Waals surface area contributed by atoms with Crippen LogP contribution in [-0.2, 0) is 0 Å². The third-order valence-corrected chi connectivity index (χ3v) is 3.74. The van der Waals surface area contributed by atoms with E-state index < -0.39 is 16.8 Å². The number of hydrogen-bond acceptors (Lipinski definition) is 7. The summed E-state index contributed by atoms with van der Waals surface area (Å²) in [6.45, 7) is 1.64. The molecule has 0 aliphatic heterocycles. The van der Waals surface area contributed by atoms with Crippen LogP contribution < -0.4 is 26.8 Å². The van der Waals surface area contributed by atoms with Crippen LogP contribution in [0.4, 0.5) is 17.1 Å². The Labute approximate surface area is 137 Å². The topological polar surface area (TPSA) is 128 Å². The van der Waals surface area contributed by atoms with Gasteiger partial charge >= 0.3 is 0 Å². The second kappa shape index (κ2) is 7.14. The van der Waals surface area contributed by atoms with Crippen molar-refractivity contribution >= 4 is 23.0 Å². The van der Waals surface area contributed by atoms with Crippen molar-refractivity contribution in [2.24, 2.45) is 0 Å². The number of aromatic hydroxyl groups is 1. The standard InChI is InChI=1S/C16H19N3O5/c1-3-8(7-20)18-11-12(15(23)14(11)22)19-10-6-4-5-9(13(10)21)16(24)17-2/h4-6,8,18-21H,3,7H2,1-2H3,(H,17,24)/t8-/m0/s1. The smallest absolute Gasteiger partial charge is 0.254 e. The average Bonchev–Trinajstić information content (AvgIpc) is 2.61. The fourth-order valence-corrected chi connectivity index (χ4v) is 2.23. The summed E-state index contributed by atoms with van der Waals surface area (Å²) in [5.41, 5.74) is -1.19. The van der Waals surface area contributed by atoms with Gasteiger partial charge in [0.2, 0.25) is 0 Å². The summed E-state index contributed by atoms with van der Waals surface area (Å²) in [4.78, 5) is 35.2. The number of aliphatic hydroxyl groups is 1. The molecule has 0 aliphatic carbocycles. The molecule has 0 unspecified atom stereocenters. The van der Waals surface area contributed by atoms with Crippen molar-refractivity contribution in [1.82, 2.24) is 5.32 Å². The molecule has 0 spiro atoms. The second-order valence-corrected chi connectivity index (χ2v) is 5.25. The van der Waals surface area contributed by atoms with Crippen LogP contribution in [0.1, 0.15) is 23.7 Å². The van der Waals surface area contributed by atoms with Crippen LogP contribution in [0.25, 0.3) is 0 Å². The summed E-state index contributed by atoms with van der Waals surface area (Å²) >= 11 is 0. The fourth-order valence-electron chi connectivity index (χ4n) is 2.23. The minimum absolute atomic E-state index is 0.00347. The molecule has 8 nitrogen and oxygen atoms in total. The number of phenols is 1. The van der Waals surface area contributed by atoms with Gasteiger partial charge in [-0.1, -0.05) is 13.0 Å². The Bertz CT molecular complexity index is 820. The average molecular weight is 333 g/mol. The Morgan fingerprint density at radius 2 is 1.88 bits per heavy atom. The summed E-state index contributed by atoms with van der Waals surface area (Å²) in [5, 5.41) is 27.3. The normalized spacial score (nSPS) is 12.0. The van der Waals surface area contributed by atoms with Crippen molar-refractivity contribution < 1.29 is 15.0 Å². The predicted octanol–water partition coefficient (Wildman–Crippen LogP) is 0.274. The Balaban J connectivity index is 2.33. The highest BCUT2D eigenvalue weighted by atomic mass is 16.3. The quantitative estimate of drug-likeness (QED) is 0.363. The summed E-state index contributed by atoms with van der Waals surface area (Å²) in [6, 6.07) is 4.08. The molecule has 2 aromatic carbocycles. The molecule has 24 heavy (non-hydrogen) atoms. The summed E-state index contributed by atoms with van der Waals surface area (Å²) in [7, 11) is 1.43. The maximum atomic E-state index is 11.8. The molecular weight excluding hydrogens is 314 g/mol. The zero-order chi connectivity index (χ0) is 17.9. The number of benzene rings is 1. The molecule has 0 radical (unpaired) electrons. The molecule has 0 saturated carbocycles. The monoisotopic (exact) mass is 333 g/mol. The maximum Gasteiger partial charge on any atom is 0.254 e. The molecule has 5 N–H and O–H groups in total. The third kappa shape index (κ3) is 3.09. The van der Waals surface area contributed by atoms with Crippen LogP contribution in [0.3, 0.4) is 0 Å². The number of anilines is 3. The van der Waals surface area contributed by atoms with E-state index in [1.807, 2.05) is 6.92 Å². The van der Waals surface area contributed by atoms with Gasteiger partial charge in [-0.25, -0.2) is 0 Å². The number of carbonyl (C=O) groups is 1. The van der Waals surface area contributed by atoms with Crippen LogP contribution in [0, 0.1) is 0 Å². The van der Waals surface area contributed by atoms with E-state index >= 15 is 0 Å². The molecule has 0 saturated heterocycles. The molecule has 0 fully saturated rings. The van der Waals surface area contributed by atoms with Gasteiger partial charge in [-0.05, 0) is 18.6 Å². The number of phenolic OH excluding ortho intramolecular Hbond substituents is 1. The van der Waals surface area contributed by atoms with Gasteiger partial charge in [0, 0.05) is 13.1 Å². The van der Waals surface area contributed by atoms with Gasteiger partial charge in [-0.2, -0.15) is 0 Å². The van der Waals surface area contributed by atoms with Crippen molar-refractivity contribution in [3.05, 3.63) is 44.2 Å². The van der Waals surface area contributed by atoms with E-state index in [0.29, 0.717) is 6.42 Å². The zero-order valence-electron chi connectivity index (χ0n) is 13.3. The molecule has 0 aromatic heterocycles. The third-order valence-electron chi connectivity index (χ3n) is 3.74. The number of rotatable bonds is 7. The van der Waals surface area contributed by atoms with Crippen molar-refractivity contribution in [3.63, 3.8) is 0 Å². The van der Waals surface area contributed by atoms with Gasteiger partial charge in [-0.3, -0.25) is 14.4 Å². The van der Waals surface area contributed by atoms with E-state index in [-0.39, 0.29) is 41.0 Å². The number of aliphatic hydroxyl groups excluding tert-OH is 1. The summed E-state index contributed by atoms with van der Waals surface area (Å²) in [5.74, 6) is -0.809. The van der Waals surface area contributed by atoms with Crippen LogP contribution in [0.5, 0.6) is 5.75 Å². The van der Waals surface area contributed by atoms with Crippen LogP contribution in [0.2, 0.25) is 0 Å². The van der Waals surface area contributed by atoms with E-state index in [1.165, 1.54) is 25.2 Å². The van der Waals surface area contributed by atoms with Crippen molar-refractivity contribution in [2.45, 2.75) is 19.4 Å². The van der Waals surface area contributed by atoms with E-state index in [9.17, 15) is 24.6 Å². The number of nitrogens with one attached hydrogen (secondary N) is 3. The lowest BCUT2D eigenvalue weighted by Crippen LogP contribution is -2.39. The van der Waals surface area contributed by atoms with E-state index in [2.05, 4.69) is 16.0 Å². The van der Waals surface area contributed by atoms with E-state index in [4.69, 9.17) is 0 Å². The van der Waals surface area contributed by atoms with Gasteiger partial charge in [0.15, 0.2) is 5.75 Å². The predicted molar refractivity (Wildman–Crippen MR) is 90.9 cm³/mol. The Kier molecular flexibility index (Phi) is 5.20. The van der Waals surface area contributed by atoms with Crippen LogP contribution in [-0.4, -0.2) is 35.8 Å². The minimum atomic E-state index is -0.727. The van der Waals surface area contributed by atoms with Gasteiger partial charge < -0.3 is 26.2 Å². The molecule has 0 bridgehead atoms. The van der Waals surface area contributed by atoms with Gasteiger partial charge in [0.05, 0.1) is 17.9 Å². The molecule has 1 atom stereocenters. The molecular formula is C16H19N3O5. The van der Waals surface area contributed by atoms with E-state index in [0.717, 1.165) is 0 Å². The van der Waals surface area contributed by atoms with Gasteiger partial charge in [0.1, 0.15) is 11.4 Å².